The molecular weight excluding hydrogens is 279 g/mol. The Bertz CT molecular complexity index is 601. The molecule has 2 N–H and O–H groups in total. The molecule has 1 saturated carbocycles. The van der Waals surface area contributed by atoms with Gasteiger partial charge in [0.25, 0.3) is 0 Å². The van der Waals surface area contributed by atoms with Crippen molar-refractivity contribution in [2.75, 3.05) is 13.6 Å². The number of hydrogen-bond acceptors (Lipinski definition) is 3. The van der Waals surface area contributed by atoms with E-state index in [9.17, 15) is 12.8 Å². The van der Waals surface area contributed by atoms with E-state index < -0.39 is 15.8 Å². The van der Waals surface area contributed by atoms with Gasteiger partial charge >= 0.3 is 0 Å². The van der Waals surface area contributed by atoms with Gasteiger partial charge in [0.05, 0.1) is 4.90 Å². The van der Waals surface area contributed by atoms with Crippen molar-refractivity contribution in [2.45, 2.75) is 31.7 Å². The number of benzene rings is 1. The molecule has 20 heavy (non-hydrogen) atoms. The molecule has 1 aromatic carbocycles. The molecule has 1 aliphatic carbocycles. The van der Waals surface area contributed by atoms with Gasteiger partial charge in [-0.1, -0.05) is 6.92 Å². The molecule has 0 amide bonds. The second kappa shape index (κ2) is 5.79. The third-order valence-corrected chi connectivity index (χ3v) is 5.39. The molecular formula is C14H21FN2O2S. The number of hydrogen-bond donors (Lipinski definition) is 2. The lowest BCUT2D eigenvalue weighted by Gasteiger charge is -2.12. The fourth-order valence-corrected chi connectivity index (χ4v) is 3.67. The fourth-order valence-electron chi connectivity index (χ4n) is 2.27. The van der Waals surface area contributed by atoms with Gasteiger partial charge in [0.1, 0.15) is 5.82 Å². The van der Waals surface area contributed by atoms with Gasteiger partial charge in [-0.15, -0.1) is 0 Å². The Balaban J connectivity index is 2.24. The smallest absolute Gasteiger partial charge is 0.240 e. The van der Waals surface area contributed by atoms with Crippen LogP contribution in [0.4, 0.5) is 4.39 Å². The number of rotatable bonds is 6. The molecule has 2 atom stereocenters. The molecule has 1 fully saturated rings. The van der Waals surface area contributed by atoms with Crippen molar-refractivity contribution >= 4 is 10.0 Å². The van der Waals surface area contributed by atoms with Gasteiger partial charge in [-0.05, 0) is 49.9 Å². The molecule has 4 nitrogen and oxygen atoms in total. The lowest BCUT2D eigenvalue weighted by atomic mass is 10.1. The summed E-state index contributed by atoms with van der Waals surface area (Å²) < 4.78 is 41.0. The first-order valence-electron chi connectivity index (χ1n) is 6.78. The lowest BCUT2D eigenvalue weighted by Crippen LogP contribution is -2.27. The molecule has 0 spiro atoms. The molecule has 0 heterocycles. The fraction of sp³-hybridized carbons (Fsp3) is 0.571. The second-order valence-corrected chi connectivity index (χ2v) is 7.29. The summed E-state index contributed by atoms with van der Waals surface area (Å²) in [6.07, 6.45) is 1.05. The highest BCUT2D eigenvalue weighted by Crippen LogP contribution is 2.37. The maximum atomic E-state index is 13.8. The van der Waals surface area contributed by atoms with Crippen molar-refractivity contribution in [3.8, 4) is 0 Å². The van der Waals surface area contributed by atoms with Gasteiger partial charge in [-0.25, -0.2) is 17.5 Å². The van der Waals surface area contributed by atoms with E-state index in [1.165, 1.54) is 19.1 Å². The van der Waals surface area contributed by atoms with Gasteiger partial charge in [-0.2, -0.15) is 0 Å². The summed E-state index contributed by atoms with van der Waals surface area (Å²) in [6, 6.07) is 2.90. The zero-order chi connectivity index (χ0) is 14.9. The molecule has 1 aliphatic rings. The van der Waals surface area contributed by atoms with Crippen molar-refractivity contribution in [3.63, 3.8) is 0 Å². The summed E-state index contributed by atoms with van der Waals surface area (Å²) in [4.78, 5) is 0.0380. The average molecular weight is 300 g/mol. The van der Waals surface area contributed by atoms with E-state index in [2.05, 4.69) is 17.0 Å². The van der Waals surface area contributed by atoms with Gasteiger partial charge in [0, 0.05) is 18.7 Å². The minimum Gasteiger partial charge on any atom is -0.316 e. The average Bonchev–Trinajstić information content (AvgIpc) is 3.07. The summed E-state index contributed by atoms with van der Waals surface area (Å²) in [5.41, 5.74) is 0.789. The Kier molecular flexibility index (Phi) is 4.46. The van der Waals surface area contributed by atoms with E-state index in [1.807, 2.05) is 0 Å². The largest absolute Gasteiger partial charge is 0.316 e. The summed E-state index contributed by atoms with van der Waals surface area (Å²) in [5, 5.41) is 2.89. The Hall–Kier alpha value is -0.980. The maximum Gasteiger partial charge on any atom is 0.240 e. The highest BCUT2D eigenvalue weighted by Gasteiger charge is 2.33. The second-order valence-electron chi connectivity index (χ2n) is 5.56. The molecule has 0 aliphatic heterocycles. The Morgan fingerprint density at radius 3 is 2.60 bits per heavy atom. The van der Waals surface area contributed by atoms with Crippen molar-refractivity contribution in [1.29, 1.82) is 0 Å². The minimum absolute atomic E-state index is 0.0380. The van der Waals surface area contributed by atoms with E-state index in [0.717, 1.165) is 6.42 Å². The first-order chi connectivity index (χ1) is 9.35. The monoisotopic (exact) mass is 300 g/mol. The summed E-state index contributed by atoms with van der Waals surface area (Å²) in [6.45, 7) is 4.45. The quantitative estimate of drug-likeness (QED) is 0.842. The molecule has 0 saturated heterocycles. The molecule has 0 radical (unpaired) electrons. The van der Waals surface area contributed by atoms with E-state index in [-0.39, 0.29) is 10.5 Å². The highest BCUT2D eigenvalue weighted by atomic mass is 32.2. The summed E-state index contributed by atoms with van der Waals surface area (Å²) in [5.74, 6) is 0.500. The van der Waals surface area contributed by atoms with Gasteiger partial charge in [0.2, 0.25) is 10.0 Å². The molecule has 6 heteroatoms. The zero-order valence-corrected chi connectivity index (χ0v) is 12.8. The Morgan fingerprint density at radius 1 is 1.40 bits per heavy atom. The molecule has 2 rings (SSSR count). The third-order valence-electron chi connectivity index (χ3n) is 3.84. The van der Waals surface area contributed by atoms with Crippen molar-refractivity contribution in [1.82, 2.24) is 10.0 Å². The predicted octanol–water partition coefficient (Wildman–Crippen LogP) is 1.79. The third kappa shape index (κ3) is 3.37. The van der Waals surface area contributed by atoms with Gasteiger partial charge < -0.3 is 5.32 Å². The highest BCUT2D eigenvalue weighted by molar-refractivity contribution is 7.89. The number of sulfonamides is 1. The van der Waals surface area contributed by atoms with Crippen LogP contribution in [0.2, 0.25) is 0 Å². The Labute approximate surface area is 119 Å². The zero-order valence-electron chi connectivity index (χ0n) is 12.0. The van der Waals surface area contributed by atoms with Crippen LogP contribution in [0.15, 0.2) is 17.0 Å². The van der Waals surface area contributed by atoms with Crippen LogP contribution in [0.1, 0.15) is 24.5 Å². The predicted molar refractivity (Wildman–Crippen MR) is 76.4 cm³/mol. The van der Waals surface area contributed by atoms with Crippen LogP contribution in [-0.2, 0) is 16.6 Å². The van der Waals surface area contributed by atoms with Crippen molar-refractivity contribution in [2.24, 2.45) is 11.8 Å². The first-order valence-corrected chi connectivity index (χ1v) is 8.26. The molecule has 1 aromatic rings. The maximum absolute atomic E-state index is 13.8. The standard InChI is InChI=1S/C14H21FN2O2S/c1-9-4-12(9)8-17-20(18,19)14-6-11(7-16-3)5-13(15)10(14)2/h5-6,9,12,16-17H,4,7-8H2,1-3H3. The summed E-state index contributed by atoms with van der Waals surface area (Å²) in [7, 11) is -1.92. The summed E-state index contributed by atoms with van der Waals surface area (Å²) >= 11 is 0. The van der Waals surface area contributed by atoms with Crippen molar-refractivity contribution in [3.05, 3.63) is 29.1 Å². The number of halogens is 1. The van der Waals surface area contributed by atoms with Crippen LogP contribution in [0.5, 0.6) is 0 Å². The minimum atomic E-state index is -3.65. The molecule has 0 aromatic heterocycles. The molecule has 0 bridgehead atoms. The van der Waals surface area contributed by atoms with Crippen molar-refractivity contribution < 1.29 is 12.8 Å². The topological polar surface area (TPSA) is 58.2 Å². The molecule has 2 unspecified atom stereocenters. The van der Waals surface area contributed by atoms with Crippen LogP contribution in [-0.4, -0.2) is 22.0 Å². The van der Waals surface area contributed by atoms with Crippen LogP contribution < -0.4 is 10.0 Å². The SMILES string of the molecule is CNCc1cc(F)c(C)c(S(=O)(=O)NCC2CC2C)c1. The lowest BCUT2D eigenvalue weighted by molar-refractivity contribution is 0.567. The van der Waals surface area contributed by atoms with E-state index >= 15 is 0 Å². The number of nitrogens with one attached hydrogen (secondary N) is 2. The molecule has 112 valence electrons. The van der Waals surface area contributed by atoms with Crippen LogP contribution in [0.3, 0.4) is 0 Å². The Morgan fingerprint density at radius 2 is 2.05 bits per heavy atom. The van der Waals surface area contributed by atoms with E-state index in [0.29, 0.717) is 30.5 Å². The van der Waals surface area contributed by atoms with E-state index in [4.69, 9.17) is 0 Å². The van der Waals surface area contributed by atoms with E-state index in [1.54, 1.807) is 7.05 Å². The van der Waals surface area contributed by atoms with Crippen LogP contribution >= 0.6 is 0 Å². The van der Waals surface area contributed by atoms with Crippen LogP contribution in [0.25, 0.3) is 0 Å². The normalized spacial score (nSPS) is 22.0. The van der Waals surface area contributed by atoms with Gasteiger partial charge in [0.15, 0.2) is 0 Å². The van der Waals surface area contributed by atoms with Gasteiger partial charge in [-0.3, -0.25) is 0 Å². The first kappa shape index (κ1) is 15.4. The van der Waals surface area contributed by atoms with Crippen LogP contribution in [0, 0.1) is 24.6 Å².